The van der Waals surface area contributed by atoms with Gasteiger partial charge in [-0.15, -0.1) is 0 Å². The van der Waals surface area contributed by atoms with Gasteiger partial charge in [-0.3, -0.25) is 9.59 Å². The number of nitrogens with zero attached hydrogens (tertiary/aromatic N) is 2. The summed E-state index contributed by atoms with van der Waals surface area (Å²) in [5.74, 6) is -3.02. The first-order valence-electron chi connectivity index (χ1n) is 8.28. The fourth-order valence-electron chi connectivity index (χ4n) is 3.27. The van der Waals surface area contributed by atoms with E-state index in [1.165, 1.54) is 30.5 Å². The fourth-order valence-corrected chi connectivity index (χ4v) is 3.48. The van der Waals surface area contributed by atoms with Crippen LogP contribution in [-0.2, 0) is 4.79 Å². The van der Waals surface area contributed by atoms with Crippen LogP contribution >= 0.6 is 11.6 Å². The lowest BCUT2D eigenvalue weighted by Crippen LogP contribution is -2.54. The van der Waals surface area contributed by atoms with Crippen LogP contribution in [0.3, 0.4) is 0 Å². The average Bonchev–Trinajstić information content (AvgIpc) is 2.64. The van der Waals surface area contributed by atoms with E-state index in [1.54, 1.807) is 4.90 Å². The van der Waals surface area contributed by atoms with Gasteiger partial charge in [-0.1, -0.05) is 23.7 Å². The average molecular weight is 419 g/mol. The van der Waals surface area contributed by atoms with Gasteiger partial charge >= 0.3 is 12.1 Å². The second kappa shape index (κ2) is 7.78. The highest BCUT2D eigenvalue weighted by molar-refractivity contribution is 6.33. The van der Waals surface area contributed by atoms with Crippen LogP contribution in [0.5, 0.6) is 0 Å². The molecule has 2 unspecified atom stereocenters. The minimum Gasteiger partial charge on any atom is -0.367 e. The molecule has 1 saturated heterocycles. The smallest absolute Gasteiger partial charge is 0.367 e. The van der Waals surface area contributed by atoms with Crippen LogP contribution in [0, 0.1) is 5.82 Å². The molecule has 1 fully saturated rings. The number of piperidine rings is 1. The highest BCUT2D eigenvalue weighted by Gasteiger charge is 2.42. The predicted octanol–water partition coefficient (Wildman–Crippen LogP) is 2.60. The van der Waals surface area contributed by atoms with Gasteiger partial charge in [-0.2, -0.15) is 18.3 Å². The monoisotopic (exact) mass is 418 g/mol. The molecule has 150 valence electrons. The van der Waals surface area contributed by atoms with E-state index in [0.29, 0.717) is 18.5 Å². The van der Waals surface area contributed by atoms with Crippen molar-refractivity contribution in [3.05, 3.63) is 57.2 Å². The lowest BCUT2D eigenvalue weighted by molar-refractivity contribution is -0.174. The van der Waals surface area contributed by atoms with Gasteiger partial charge in [0.1, 0.15) is 10.8 Å². The van der Waals surface area contributed by atoms with Crippen molar-refractivity contribution < 1.29 is 22.4 Å². The van der Waals surface area contributed by atoms with E-state index in [2.05, 4.69) is 10.2 Å². The summed E-state index contributed by atoms with van der Waals surface area (Å²) in [6.07, 6.45) is -3.40. The largest absolute Gasteiger partial charge is 0.471 e. The molecule has 1 aromatic heterocycles. The Hall–Kier alpha value is -2.62. The number of rotatable bonds is 3. The molecule has 11 heteroatoms. The van der Waals surface area contributed by atoms with Gasteiger partial charge in [0, 0.05) is 19.0 Å². The van der Waals surface area contributed by atoms with Crippen LogP contribution in [0.4, 0.5) is 23.2 Å². The van der Waals surface area contributed by atoms with Crippen LogP contribution in [0.15, 0.2) is 35.3 Å². The Morgan fingerprint density at radius 2 is 1.96 bits per heavy atom. The SMILES string of the molecule is O=C(NC1CN(c2cn[nH]c(=O)c2Cl)CCC1c1ccc(F)cc1)C(F)(F)F. The number of benzene rings is 1. The molecule has 2 aromatic rings. The molecule has 28 heavy (non-hydrogen) atoms. The number of amides is 1. The van der Waals surface area contributed by atoms with Crippen molar-refractivity contribution in [2.75, 3.05) is 18.0 Å². The quantitative estimate of drug-likeness (QED) is 0.751. The molecule has 0 spiro atoms. The fraction of sp³-hybridized carbons (Fsp3) is 0.353. The Morgan fingerprint density at radius 3 is 2.61 bits per heavy atom. The van der Waals surface area contributed by atoms with Gasteiger partial charge in [-0.25, -0.2) is 9.49 Å². The number of carbonyl (C=O) groups excluding carboxylic acids is 1. The highest BCUT2D eigenvalue weighted by atomic mass is 35.5. The van der Waals surface area contributed by atoms with Gasteiger partial charge in [-0.05, 0) is 24.1 Å². The number of hydrogen-bond donors (Lipinski definition) is 2. The first-order chi connectivity index (χ1) is 13.2. The lowest BCUT2D eigenvalue weighted by atomic mass is 9.85. The second-order valence-corrected chi connectivity index (χ2v) is 6.75. The third-order valence-electron chi connectivity index (χ3n) is 4.60. The van der Waals surface area contributed by atoms with E-state index in [-0.39, 0.29) is 17.3 Å². The molecule has 1 amide bonds. The van der Waals surface area contributed by atoms with Crippen LogP contribution in [0.1, 0.15) is 17.9 Å². The number of aromatic amines is 1. The molecule has 1 aliphatic rings. The molecule has 1 aromatic carbocycles. The normalized spacial score (nSPS) is 20.1. The van der Waals surface area contributed by atoms with Gasteiger partial charge in [0.15, 0.2) is 0 Å². The van der Waals surface area contributed by atoms with E-state index in [0.717, 1.165) is 0 Å². The molecular weight excluding hydrogens is 404 g/mol. The van der Waals surface area contributed by atoms with Gasteiger partial charge < -0.3 is 10.2 Å². The number of aromatic nitrogens is 2. The van der Waals surface area contributed by atoms with Gasteiger partial charge in [0.05, 0.1) is 17.9 Å². The molecule has 0 bridgehead atoms. The third kappa shape index (κ3) is 4.27. The van der Waals surface area contributed by atoms with Crippen molar-refractivity contribution in [3.63, 3.8) is 0 Å². The van der Waals surface area contributed by atoms with E-state index < -0.39 is 35.4 Å². The summed E-state index contributed by atoms with van der Waals surface area (Å²) in [5.41, 5.74) is 0.230. The Labute approximate surface area is 161 Å². The van der Waals surface area contributed by atoms with Crippen molar-refractivity contribution in [2.45, 2.75) is 24.6 Å². The number of hydrogen-bond acceptors (Lipinski definition) is 4. The summed E-state index contributed by atoms with van der Waals surface area (Å²) in [6.45, 7) is 0.319. The number of H-pyrrole nitrogens is 1. The number of nitrogens with one attached hydrogen (secondary N) is 2. The van der Waals surface area contributed by atoms with E-state index in [1.807, 2.05) is 5.32 Å². The van der Waals surface area contributed by atoms with E-state index in [4.69, 9.17) is 11.6 Å². The molecule has 1 aliphatic heterocycles. The number of halogens is 5. The first kappa shape index (κ1) is 20.1. The Morgan fingerprint density at radius 1 is 1.29 bits per heavy atom. The predicted molar refractivity (Wildman–Crippen MR) is 93.8 cm³/mol. The molecule has 6 nitrogen and oxygen atoms in total. The van der Waals surface area contributed by atoms with Crippen LogP contribution in [0.2, 0.25) is 5.02 Å². The second-order valence-electron chi connectivity index (χ2n) is 6.37. The van der Waals surface area contributed by atoms with E-state index >= 15 is 0 Å². The molecule has 2 N–H and O–H groups in total. The number of alkyl halides is 3. The van der Waals surface area contributed by atoms with Crippen molar-refractivity contribution in [1.82, 2.24) is 15.5 Å². The zero-order valence-electron chi connectivity index (χ0n) is 14.3. The highest BCUT2D eigenvalue weighted by Crippen LogP contribution is 2.33. The van der Waals surface area contributed by atoms with Gasteiger partial charge in [0.2, 0.25) is 0 Å². The summed E-state index contributed by atoms with van der Waals surface area (Å²) >= 11 is 5.99. The Kier molecular flexibility index (Phi) is 5.59. The summed E-state index contributed by atoms with van der Waals surface area (Å²) in [7, 11) is 0. The molecule has 3 rings (SSSR count). The standard InChI is InChI=1S/C17H15ClF4N4O2/c18-14-13(7-23-25-15(14)27)26-6-5-11(9-1-3-10(19)4-2-9)12(8-26)24-16(28)17(20,21)22/h1-4,7,11-12H,5-6,8H2,(H,24,28)(H,25,27). The minimum atomic E-state index is -5.04. The van der Waals surface area contributed by atoms with Crippen molar-refractivity contribution in [1.29, 1.82) is 0 Å². The lowest BCUT2D eigenvalue weighted by Gasteiger charge is -2.40. The zero-order valence-corrected chi connectivity index (χ0v) is 15.0. The molecular formula is C17H15ClF4N4O2. The van der Waals surface area contributed by atoms with E-state index in [9.17, 15) is 27.2 Å². The summed E-state index contributed by atoms with van der Waals surface area (Å²) in [4.78, 5) is 24.8. The van der Waals surface area contributed by atoms with Crippen molar-refractivity contribution in [3.8, 4) is 0 Å². The molecule has 0 aliphatic carbocycles. The minimum absolute atomic E-state index is 0.0330. The summed E-state index contributed by atoms with van der Waals surface area (Å²) < 4.78 is 51.5. The topological polar surface area (TPSA) is 78.1 Å². The third-order valence-corrected chi connectivity index (χ3v) is 4.97. The summed E-state index contributed by atoms with van der Waals surface area (Å²) in [5, 5.41) is 7.69. The van der Waals surface area contributed by atoms with Crippen molar-refractivity contribution >= 4 is 23.2 Å². The van der Waals surface area contributed by atoms with Crippen LogP contribution in [-0.4, -0.2) is 41.4 Å². The maximum Gasteiger partial charge on any atom is 0.471 e. The molecule has 2 heterocycles. The Bertz CT molecular complexity index is 917. The molecule has 0 radical (unpaired) electrons. The van der Waals surface area contributed by atoms with Crippen LogP contribution < -0.4 is 15.8 Å². The first-order valence-corrected chi connectivity index (χ1v) is 8.66. The summed E-state index contributed by atoms with van der Waals surface area (Å²) in [6, 6.07) is 4.43. The number of carbonyl (C=O) groups is 1. The zero-order chi connectivity index (χ0) is 20.5. The van der Waals surface area contributed by atoms with Crippen LogP contribution in [0.25, 0.3) is 0 Å². The Balaban J connectivity index is 1.90. The van der Waals surface area contributed by atoms with Gasteiger partial charge in [0.25, 0.3) is 5.56 Å². The van der Waals surface area contributed by atoms with Crippen molar-refractivity contribution in [2.24, 2.45) is 0 Å². The maximum atomic E-state index is 13.2. The molecule has 0 saturated carbocycles. The number of anilines is 1. The maximum absolute atomic E-state index is 13.2. The molecule has 2 atom stereocenters.